The maximum absolute atomic E-state index is 3.53. The van der Waals surface area contributed by atoms with Gasteiger partial charge in [-0.1, -0.05) is 41.0 Å². The van der Waals surface area contributed by atoms with E-state index in [4.69, 9.17) is 0 Å². The number of nitrogens with zero attached hydrogens (tertiary/aromatic N) is 1. The van der Waals surface area contributed by atoms with Gasteiger partial charge in [0.15, 0.2) is 0 Å². The minimum Gasteiger partial charge on any atom is -0.315 e. The van der Waals surface area contributed by atoms with Gasteiger partial charge in [-0.15, -0.1) is 0 Å². The van der Waals surface area contributed by atoms with Crippen LogP contribution in [0.15, 0.2) is 0 Å². The van der Waals surface area contributed by atoms with Crippen LogP contribution in [-0.2, 0) is 0 Å². The Morgan fingerprint density at radius 2 is 1.78 bits per heavy atom. The Morgan fingerprint density at radius 1 is 1.17 bits per heavy atom. The number of hydrogen-bond donors (Lipinski definition) is 1. The first-order valence-corrected chi connectivity index (χ1v) is 7.93. The van der Waals surface area contributed by atoms with Crippen LogP contribution in [0.4, 0.5) is 0 Å². The molecule has 1 N–H and O–H groups in total. The van der Waals surface area contributed by atoms with Gasteiger partial charge in [-0.25, -0.2) is 0 Å². The Morgan fingerprint density at radius 3 is 2.22 bits per heavy atom. The summed E-state index contributed by atoms with van der Waals surface area (Å²) in [6.45, 7) is 16.6. The second kappa shape index (κ2) is 7.49. The molecule has 0 spiro atoms. The highest BCUT2D eigenvalue weighted by atomic mass is 15.2. The molecule has 1 atom stereocenters. The van der Waals surface area contributed by atoms with E-state index in [2.05, 4.69) is 44.8 Å². The molecule has 1 unspecified atom stereocenters. The molecule has 1 heterocycles. The van der Waals surface area contributed by atoms with E-state index in [0.29, 0.717) is 5.41 Å². The molecule has 0 saturated carbocycles. The molecule has 1 aliphatic heterocycles. The molecule has 0 aliphatic carbocycles. The monoisotopic (exact) mass is 254 g/mol. The minimum atomic E-state index is 0.494. The van der Waals surface area contributed by atoms with Gasteiger partial charge in [-0.3, -0.25) is 4.90 Å². The molecule has 0 bridgehead atoms. The number of piperidine rings is 1. The van der Waals surface area contributed by atoms with Gasteiger partial charge in [0, 0.05) is 12.6 Å². The highest BCUT2D eigenvalue weighted by Crippen LogP contribution is 2.34. The lowest BCUT2D eigenvalue weighted by atomic mass is 9.75. The van der Waals surface area contributed by atoms with Crippen LogP contribution in [0.2, 0.25) is 0 Å². The first-order chi connectivity index (χ1) is 8.49. The maximum Gasteiger partial charge on any atom is 0.0220 e. The minimum absolute atomic E-state index is 0.494. The summed E-state index contributed by atoms with van der Waals surface area (Å²) in [5.41, 5.74) is 0.494. The predicted molar refractivity (Wildman–Crippen MR) is 81.0 cm³/mol. The van der Waals surface area contributed by atoms with E-state index in [9.17, 15) is 0 Å². The SMILES string of the molecule is CCCC(CNCC)N1CCC(C(C)(C)C)CC1. The Balaban J connectivity index is 2.43. The number of hydrogen-bond acceptors (Lipinski definition) is 2. The lowest BCUT2D eigenvalue weighted by molar-refractivity contribution is 0.0788. The Hall–Kier alpha value is -0.0800. The molecule has 0 aromatic heterocycles. The quantitative estimate of drug-likeness (QED) is 0.780. The second-order valence-electron chi connectivity index (χ2n) is 6.93. The van der Waals surface area contributed by atoms with Gasteiger partial charge in [-0.2, -0.15) is 0 Å². The first-order valence-electron chi connectivity index (χ1n) is 7.93. The zero-order valence-electron chi connectivity index (χ0n) is 13.3. The molecule has 0 aromatic rings. The van der Waals surface area contributed by atoms with Crippen LogP contribution in [0.1, 0.15) is 60.3 Å². The predicted octanol–water partition coefficient (Wildman–Crippen LogP) is 3.52. The summed E-state index contributed by atoms with van der Waals surface area (Å²) in [6.07, 6.45) is 5.41. The average Bonchev–Trinajstić information content (AvgIpc) is 2.33. The van der Waals surface area contributed by atoms with Gasteiger partial charge in [0.2, 0.25) is 0 Å². The third kappa shape index (κ3) is 4.89. The second-order valence-corrected chi connectivity index (χ2v) is 6.93. The Labute approximate surface area is 115 Å². The normalized spacial score (nSPS) is 21.2. The molecule has 1 saturated heterocycles. The molecule has 0 aromatic carbocycles. The third-order valence-corrected chi connectivity index (χ3v) is 4.52. The smallest absolute Gasteiger partial charge is 0.0220 e. The molecule has 2 nitrogen and oxygen atoms in total. The summed E-state index contributed by atoms with van der Waals surface area (Å²) in [4.78, 5) is 2.73. The molecule has 0 amide bonds. The summed E-state index contributed by atoms with van der Waals surface area (Å²) in [7, 11) is 0. The maximum atomic E-state index is 3.53. The summed E-state index contributed by atoms with van der Waals surface area (Å²) in [5.74, 6) is 0.912. The molecule has 18 heavy (non-hydrogen) atoms. The van der Waals surface area contributed by atoms with E-state index in [1.807, 2.05) is 0 Å². The van der Waals surface area contributed by atoms with Crippen LogP contribution >= 0.6 is 0 Å². The van der Waals surface area contributed by atoms with E-state index < -0.39 is 0 Å². The van der Waals surface area contributed by atoms with Crippen molar-refractivity contribution in [2.75, 3.05) is 26.2 Å². The summed E-state index contributed by atoms with van der Waals surface area (Å²) >= 11 is 0. The van der Waals surface area contributed by atoms with Crippen molar-refractivity contribution in [3.05, 3.63) is 0 Å². The average molecular weight is 254 g/mol. The fourth-order valence-electron chi connectivity index (χ4n) is 3.19. The van der Waals surface area contributed by atoms with Crippen LogP contribution in [0.25, 0.3) is 0 Å². The van der Waals surface area contributed by atoms with Crippen LogP contribution < -0.4 is 5.32 Å². The number of rotatable bonds is 6. The molecule has 1 aliphatic rings. The fraction of sp³-hybridized carbons (Fsp3) is 1.00. The van der Waals surface area contributed by atoms with Crippen molar-refractivity contribution in [1.82, 2.24) is 10.2 Å². The molecule has 1 rings (SSSR count). The summed E-state index contributed by atoms with van der Waals surface area (Å²) < 4.78 is 0. The molecule has 2 heteroatoms. The van der Waals surface area contributed by atoms with Crippen molar-refractivity contribution < 1.29 is 0 Å². The van der Waals surface area contributed by atoms with E-state index in [1.165, 1.54) is 45.3 Å². The molecular weight excluding hydrogens is 220 g/mol. The van der Waals surface area contributed by atoms with Crippen molar-refractivity contribution in [3.8, 4) is 0 Å². The van der Waals surface area contributed by atoms with Crippen LogP contribution in [-0.4, -0.2) is 37.1 Å². The van der Waals surface area contributed by atoms with Crippen molar-refractivity contribution in [2.45, 2.75) is 66.3 Å². The third-order valence-electron chi connectivity index (χ3n) is 4.52. The largest absolute Gasteiger partial charge is 0.315 e. The van der Waals surface area contributed by atoms with E-state index in [-0.39, 0.29) is 0 Å². The van der Waals surface area contributed by atoms with Crippen LogP contribution in [0.5, 0.6) is 0 Å². The van der Waals surface area contributed by atoms with Crippen molar-refractivity contribution in [1.29, 1.82) is 0 Å². The molecule has 0 radical (unpaired) electrons. The zero-order chi connectivity index (χ0) is 13.6. The molecular formula is C16H34N2. The van der Waals surface area contributed by atoms with Crippen LogP contribution in [0.3, 0.4) is 0 Å². The summed E-state index contributed by atoms with van der Waals surface area (Å²) in [5, 5.41) is 3.53. The van der Waals surface area contributed by atoms with Gasteiger partial charge >= 0.3 is 0 Å². The lowest BCUT2D eigenvalue weighted by Gasteiger charge is -2.42. The van der Waals surface area contributed by atoms with Gasteiger partial charge < -0.3 is 5.32 Å². The topological polar surface area (TPSA) is 15.3 Å². The first kappa shape index (κ1) is 16.0. The Bertz CT molecular complexity index is 212. The van der Waals surface area contributed by atoms with Crippen molar-refractivity contribution in [2.24, 2.45) is 11.3 Å². The highest BCUT2D eigenvalue weighted by molar-refractivity contribution is 4.84. The molecule has 108 valence electrons. The standard InChI is InChI=1S/C16H34N2/c1-6-8-15(13-17-7-2)18-11-9-14(10-12-18)16(3,4)5/h14-15,17H,6-13H2,1-5H3. The van der Waals surface area contributed by atoms with Crippen LogP contribution in [0, 0.1) is 11.3 Å². The fourth-order valence-corrected chi connectivity index (χ4v) is 3.19. The Kier molecular flexibility index (Phi) is 6.65. The lowest BCUT2D eigenvalue weighted by Crippen LogP contribution is -2.47. The van der Waals surface area contributed by atoms with Crippen molar-refractivity contribution in [3.63, 3.8) is 0 Å². The zero-order valence-corrected chi connectivity index (χ0v) is 13.3. The molecule has 1 fully saturated rings. The highest BCUT2D eigenvalue weighted by Gasteiger charge is 2.30. The summed E-state index contributed by atoms with van der Waals surface area (Å²) in [6, 6.07) is 0.760. The van der Waals surface area contributed by atoms with Gasteiger partial charge in [-0.05, 0) is 50.2 Å². The van der Waals surface area contributed by atoms with Gasteiger partial charge in [0.1, 0.15) is 0 Å². The number of likely N-dealkylation sites (N-methyl/N-ethyl adjacent to an activating group) is 1. The van der Waals surface area contributed by atoms with E-state index in [1.54, 1.807) is 0 Å². The van der Waals surface area contributed by atoms with Gasteiger partial charge in [0.25, 0.3) is 0 Å². The van der Waals surface area contributed by atoms with Crippen molar-refractivity contribution >= 4 is 0 Å². The van der Waals surface area contributed by atoms with E-state index >= 15 is 0 Å². The van der Waals surface area contributed by atoms with E-state index in [0.717, 1.165) is 18.5 Å². The number of nitrogens with one attached hydrogen (secondary N) is 1. The number of likely N-dealkylation sites (tertiary alicyclic amines) is 1. The van der Waals surface area contributed by atoms with Gasteiger partial charge in [0.05, 0.1) is 0 Å².